The number of aliphatic hydroxyl groups is 1. The van der Waals surface area contributed by atoms with Crippen molar-refractivity contribution in [3.8, 4) is 0 Å². The summed E-state index contributed by atoms with van der Waals surface area (Å²) in [5, 5.41) is 13.9. The van der Waals surface area contributed by atoms with E-state index < -0.39 is 20.0 Å². The normalized spacial score (nSPS) is 14.5. The first kappa shape index (κ1) is 68.7. The molecule has 0 fully saturated rings. The highest BCUT2D eigenvalue weighted by atomic mass is 31.2. The predicted molar refractivity (Wildman–Crippen MR) is 309 cm³/mol. The van der Waals surface area contributed by atoms with Gasteiger partial charge in [-0.2, -0.15) is 0 Å². The van der Waals surface area contributed by atoms with Crippen molar-refractivity contribution in [2.45, 2.75) is 264 Å². The van der Waals surface area contributed by atoms with Gasteiger partial charge in [0.25, 0.3) is 0 Å². The summed E-state index contributed by atoms with van der Waals surface area (Å²) >= 11 is 0. The van der Waals surface area contributed by atoms with Crippen LogP contribution in [0.4, 0.5) is 0 Å². The number of rotatable bonds is 53. The lowest BCUT2D eigenvalue weighted by atomic mass is 10.0. The fraction of sp³-hybridized carbons (Fsp3) is 0.758. The first-order valence-corrected chi connectivity index (χ1v) is 31.0. The second-order valence-corrected chi connectivity index (χ2v) is 22.4. The topological polar surface area (TPSA) is 105 Å². The third-order valence-electron chi connectivity index (χ3n) is 12.9. The van der Waals surface area contributed by atoms with E-state index >= 15 is 0 Å². The quantitative estimate of drug-likeness (QED) is 0.0243. The van der Waals surface area contributed by atoms with Crippen molar-refractivity contribution in [2.75, 3.05) is 40.9 Å². The van der Waals surface area contributed by atoms with Crippen LogP contribution >= 0.6 is 7.82 Å². The number of hydrogen-bond acceptors (Lipinski definition) is 5. The molecule has 3 unspecified atom stereocenters. The summed E-state index contributed by atoms with van der Waals surface area (Å²) in [4.78, 5) is 23.3. The number of nitrogens with one attached hydrogen (secondary N) is 1. The Labute approximate surface area is 439 Å². The zero-order chi connectivity index (χ0) is 52.0. The molecule has 0 radical (unpaired) electrons. The SMILES string of the molecule is CC/C=C\C/C=C\C/C=C\C/C=C\C/C=C\C/C=C\CCCCCCCCCCCCC(=O)NC(COP(=O)(O)OCC[N+](C)(C)C)C(O)/C=C/CCCCCCCCCCCCCCCCCCCC. The van der Waals surface area contributed by atoms with Crippen molar-refractivity contribution in [1.82, 2.24) is 5.32 Å². The van der Waals surface area contributed by atoms with Crippen LogP contribution in [0.3, 0.4) is 0 Å². The molecule has 0 aliphatic rings. The molecule has 0 bridgehead atoms. The van der Waals surface area contributed by atoms with Crippen molar-refractivity contribution in [1.29, 1.82) is 0 Å². The molecule has 0 rings (SSSR count). The summed E-state index contributed by atoms with van der Waals surface area (Å²) in [6.45, 7) is 4.71. The van der Waals surface area contributed by atoms with E-state index in [0.29, 0.717) is 17.4 Å². The summed E-state index contributed by atoms with van der Waals surface area (Å²) in [6.07, 6.45) is 73.9. The number of phosphoric ester groups is 1. The van der Waals surface area contributed by atoms with Crippen molar-refractivity contribution >= 4 is 13.7 Å². The lowest BCUT2D eigenvalue weighted by Crippen LogP contribution is -2.45. The summed E-state index contributed by atoms with van der Waals surface area (Å²) in [5.41, 5.74) is 0. The molecule has 0 aromatic heterocycles. The molecular formula is C62H114N2O6P+. The van der Waals surface area contributed by atoms with Gasteiger partial charge in [0.1, 0.15) is 13.2 Å². The van der Waals surface area contributed by atoms with E-state index in [9.17, 15) is 19.4 Å². The summed E-state index contributed by atoms with van der Waals surface area (Å²) < 4.78 is 23.7. The Balaban J connectivity index is 4.22. The molecule has 8 nitrogen and oxygen atoms in total. The van der Waals surface area contributed by atoms with E-state index in [0.717, 1.165) is 83.5 Å². The van der Waals surface area contributed by atoms with Gasteiger partial charge in [0.05, 0.1) is 39.9 Å². The maximum Gasteiger partial charge on any atom is 0.472 e. The van der Waals surface area contributed by atoms with Crippen LogP contribution < -0.4 is 5.32 Å². The number of carbonyl (C=O) groups excluding carboxylic acids is 1. The smallest absolute Gasteiger partial charge is 0.387 e. The first-order chi connectivity index (χ1) is 34.5. The van der Waals surface area contributed by atoms with Gasteiger partial charge in [-0.1, -0.05) is 259 Å². The number of nitrogens with zero attached hydrogens (tertiary/aromatic N) is 1. The van der Waals surface area contributed by atoms with Crippen LogP contribution in [0.5, 0.6) is 0 Å². The molecule has 9 heteroatoms. The number of amides is 1. The minimum absolute atomic E-state index is 0.0574. The van der Waals surface area contributed by atoms with Crippen LogP contribution in [0.1, 0.15) is 251 Å². The van der Waals surface area contributed by atoms with Crippen LogP contribution in [0.25, 0.3) is 0 Å². The molecular weight excluding hydrogens is 900 g/mol. The highest BCUT2D eigenvalue weighted by molar-refractivity contribution is 7.47. The third-order valence-corrected chi connectivity index (χ3v) is 13.9. The number of likely N-dealkylation sites (N-methyl/N-ethyl adjacent to an activating group) is 1. The number of phosphoric acid groups is 1. The van der Waals surface area contributed by atoms with E-state index in [-0.39, 0.29) is 19.1 Å². The molecule has 71 heavy (non-hydrogen) atoms. The Kier molecular flexibility index (Phi) is 50.8. The number of unbranched alkanes of at least 4 members (excludes halogenated alkanes) is 28. The van der Waals surface area contributed by atoms with Crippen LogP contribution in [-0.4, -0.2) is 73.4 Å². The van der Waals surface area contributed by atoms with Gasteiger partial charge in [-0.15, -0.1) is 0 Å². The standard InChI is InChI=1S/C62H113N2O6P/c1-6-8-10-12-14-16-18-20-22-24-26-28-29-30-31-32-33-34-35-36-38-40-42-44-46-48-50-52-54-56-62(66)63-60(59-70-71(67,68)69-58-57-64(3,4)5)61(65)55-53-51-49-47-45-43-41-39-37-27-25-23-21-19-17-15-13-11-9-7-2/h8,10,14,16,20,22,26,28,30-31,33-34,53,55,60-61,65H,6-7,9,11-13,15,17-19,21,23-25,27,29,32,35-52,54,56-59H2,1-5H3,(H-,63,66,67,68)/p+1/b10-8-,16-14-,22-20-,28-26-,31-30-,34-33-,55-53+. The molecule has 0 aromatic rings. The maximum absolute atomic E-state index is 13.0. The molecule has 1 amide bonds. The van der Waals surface area contributed by atoms with Gasteiger partial charge in [-0.05, 0) is 70.6 Å². The van der Waals surface area contributed by atoms with Crippen molar-refractivity contribution in [3.05, 3.63) is 85.1 Å². The predicted octanol–water partition coefficient (Wildman–Crippen LogP) is 18.0. The summed E-state index contributed by atoms with van der Waals surface area (Å²) in [7, 11) is 1.56. The van der Waals surface area contributed by atoms with Gasteiger partial charge >= 0.3 is 7.82 Å². The van der Waals surface area contributed by atoms with Crippen molar-refractivity contribution in [3.63, 3.8) is 0 Å². The molecule has 0 aliphatic carbocycles. The zero-order valence-electron chi connectivity index (χ0n) is 46.9. The molecule has 0 spiro atoms. The fourth-order valence-electron chi connectivity index (χ4n) is 8.28. The second-order valence-electron chi connectivity index (χ2n) is 21.0. The minimum Gasteiger partial charge on any atom is -0.387 e. The van der Waals surface area contributed by atoms with Gasteiger partial charge in [0.15, 0.2) is 0 Å². The molecule has 0 aliphatic heterocycles. The second kappa shape index (κ2) is 52.5. The molecule has 0 saturated heterocycles. The third kappa shape index (κ3) is 55.3. The van der Waals surface area contributed by atoms with Crippen LogP contribution in [-0.2, 0) is 18.4 Å². The number of aliphatic hydroxyl groups excluding tert-OH is 1. The highest BCUT2D eigenvalue weighted by Crippen LogP contribution is 2.43. The summed E-state index contributed by atoms with van der Waals surface area (Å²) in [5.74, 6) is -0.183. The Morgan fingerprint density at radius 1 is 0.493 bits per heavy atom. The van der Waals surface area contributed by atoms with Crippen LogP contribution in [0.2, 0.25) is 0 Å². The zero-order valence-corrected chi connectivity index (χ0v) is 47.8. The molecule has 0 saturated carbocycles. The Bertz CT molecular complexity index is 1430. The lowest BCUT2D eigenvalue weighted by molar-refractivity contribution is -0.870. The van der Waals surface area contributed by atoms with E-state index in [1.807, 2.05) is 27.2 Å². The van der Waals surface area contributed by atoms with Gasteiger partial charge < -0.3 is 19.8 Å². The van der Waals surface area contributed by atoms with E-state index in [1.165, 1.54) is 148 Å². The minimum atomic E-state index is -4.35. The van der Waals surface area contributed by atoms with Gasteiger partial charge in [-0.3, -0.25) is 13.8 Å². The molecule has 3 N–H and O–H groups in total. The fourth-order valence-corrected chi connectivity index (χ4v) is 9.02. The molecule has 0 heterocycles. The largest absolute Gasteiger partial charge is 0.472 e. The van der Waals surface area contributed by atoms with Crippen LogP contribution in [0.15, 0.2) is 85.1 Å². The number of carbonyl (C=O) groups is 1. The molecule has 3 atom stereocenters. The maximum atomic E-state index is 13.0. The lowest BCUT2D eigenvalue weighted by Gasteiger charge is -2.25. The average Bonchev–Trinajstić information content (AvgIpc) is 3.33. The number of allylic oxidation sites excluding steroid dienone is 13. The Morgan fingerprint density at radius 2 is 0.845 bits per heavy atom. The Hall–Kier alpha value is -2.32. The van der Waals surface area contributed by atoms with Gasteiger partial charge in [0.2, 0.25) is 5.91 Å². The average molecular weight is 1010 g/mol. The molecule has 412 valence electrons. The van der Waals surface area contributed by atoms with Crippen molar-refractivity contribution < 1.29 is 32.9 Å². The highest BCUT2D eigenvalue weighted by Gasteiger charge is 2.27. The van der Waals surface area contributed by atoms with Crippen LogP contribution in [0, 0.1) is 0 Å². The first-order valence-electron chi connectivity index (χ1n) is 29.5. The van der Waals surface area contributed by atoms with Gasteiger partial charge in [-0.25, -0.2) is 4.57 Å². The van der Waals surface area contributed by atoms with E-state index in [4.69, 9.17) is 9.05 Å². The summed E-state index contributed by atoms with van der Waals surface area (Å²) in [6, 6.07) is -0.854. The Morgan fingerprint density at radius 3 is 1.24 bits per heavy atom. The number of hydrogen-bond donors (Lipinski definition) is 3. The number of quaternary nitrogens is 1. The molecule has 0 aromatic carbocycles. The monoisotopic (exact) mass is 1010 g/mol. The van der Waals surface area contributed by atoms with E-state index in [2.05, 4.69) is 92.1 Å². The van der Waals surface area contributed by atoms with Gasteiger partial charge in [0, 0.05) is 6.42 Å². The van der Waals surface area contributed by atoms with E-state index in [1.54, 1.807) is 6.08 Å². The van der Waals surface area contributed by atoms with Crippen molar-refractivity contribution in [2.24, 2.45) is 0 Å².